The maximum absolute atomic E-state index is 13.7. The molecule has 0 aromatic carbocycles. The largest absolute Gasteiger partial charge is 0.477 e. The Morgan fingerprint density at radius 2 is 2.17 bits per heavy atom. The minimum atomic E-state index is -1.42. The average molecular weight is 367 g/mol. The maximum atomic E-state index is 13.7. The van der Waals surface area contributed by atoms with Gasteiger partial charge in [0.2, 0.25) is 10.6 Å². The summed E-state index contributed by atoms with van der Waals surface area (Å²) in [7, 11) is 0. The van der Waals surface area contributed by atoms with E-state index in [9.17, 15) is 19.1 Å². The smallest absolute Gasteiger partial charge is 0.341 e. The van der Waals surface area contributed by atoms with Crippen molar-refractivity contribution >= 4 is 40.1 Å². The van der Waals surface area contributed by atoms with Crippen molar-refractivity contribution < 1.29 is 14.3 Å². The van der Waals surface area contributed by atoms with Gasteiger partial charge in [-0.15, -0.1) is 0 Å². The summed E-state index contributed by atoms with van der Waals surface area (Å²) < 4.78 is 19.3. The molecule has 0 radical (unpaired) electrons. The molecule has 0 amide bonds. The average Bonchev–Trinajstić information content (AvgIpc) is 3.27. The zero-order valence-electron chi connectivity index (χ0n) is 11.9. The number of pyridine rings is 2. The van der Waals surface area contributed by atoms with Crippen molar-refractivity contribution in [2.75, 3.05) is 0 Å². The second-order valence-corrected chi connectivity index (χ2v) is 6.48. The highest BCUT2D eigenvalue weighted by atomic mass is 35.5. The van der Waals surface area contributed by atoms with Gasteiger partial charge in [0, 0.05) is 23.6 Å². The Morgan fingerprint density at radius 3 is 2.83 bits per heavy atom. The number of halogens is 2. The second-order valence-electron chi connectivity index (χ2n) is 5.39. The van der Waals surface area contributed by atoms with Crippen LogP contribution in [0, 0.1) is 5.82 Å². The first-order chi connectivity index (χ1) is 11.5. The third-order valence-electron chi connectivity index (χ3n) is 3.70. The summed E-state index contributed by atoms with van der Waals surface area (Å²) in [4.78, 5) is 31.9. The number of carboxylic acids is 1. The standard InChI is InChI=1S/C14H8ClFN4O3S/c15-10-8(16)3-6-9(21)7(13(22)23)4-20(12(6)17-10)14-18-11(19-24-14)5-1-2-5/h3-5H,1-2H2,(H,22,23). The Balaban J connectivity index is 2.04. The number of carboxylic acid groups (broad SMARTS) is 1. The van der Waals surface area contributed by atoms with Gasteiger partial charge >= 0.3 is 5.97 Å². The first kappa shape index (κ1) is 15.2. The van der Waals surface area contributed by atoms with Gasteiger partial charge < -0.3 is 5.11 Å². The monoisotopic (exact) mass is 366 g/mol. The lowest BCUT2D eigenvalue weighted by atomic mass is 10.2. The summed E-state index contributed by atoms with van der Waals surface area (Å²) in [5.41, 5.74) is -1.30. The van der Waals surface area contributed by atoms with E-state index in [2.05, 4.69) is 14.3 Å². The SMILES string of the molecule is O=C(O)c1cn(-c2nc(C3CC3)ns2)c2nc(Cl)c(F)cc2c1=O. The molecule has 1 fully saturated rings. The number of fused-ring (bicyclic) bond motifs is 1. The van der Waals surface area contributed by atoms with Crippen molar-refractivity contribution in [3.05, 3.63) is 44.8 Å². The van der Waals surface area contributed by atoms with Crippen molar-refractivity contribution in [2.45, 2.75) is 18.8 Å². The van der Waals surface area contributed by atoms with Gasteiger partial charge in [-0.05, 0) is 18.9 Å². The summed E-state index contributed by atoms with van der Waals surface area (Å²) in [5, 5.41) is 8.99. The number of nitrogens with zero attached hydrogens (tertiary/aromatic N) is 4. The summed E-state index contributed by atoms with van der Waals surface area (Å²) in [6.45, 7) is 0. The number of hydrogen-bond donors (Lipinski definition) is 1. The summed E-state index contributed by atoms with van der Waals surface area (Å²) in [5.74, 6) is -1.33. The third-order valence-corrected chi connectivity index (χ3v) is 4.69. The molecule has 0 saturated heterocycles. The summed E-state index contributed by atoms with van der Waals surface area (Å²) in [6.07, 6.45) is 3.14. The van der Waals surface area contributed by atoms with Crippen LogP contribution >= 0.6 is 23.1 Å². The number of rotatable bonds is 3. The molecule has 4 rings (SSSR count). The van der Waals surface area contributed by atoms with Crippen molar-refractivity contribution in [2.24, 2.45) is 0 Å². The zero-order valence-corrected chi connectivity index (χ0v) is 13.4. The van der Waals surface area contributed by atoms with Gasteiger partial charge in [-0.1, -0.05) is 11.6 Å². The van der Waals surface area contributed by atoms with Crippen LogP contribution < -0.4 is 5.43 Å². The normalized spacial score (nSPS) is 14.2. The molecule has 1 saturated carbocycles. The van der Waals surface area contributed by atoms with E-state index >= 15 is 0 Å². The van der Waals surface area contributed by atoms with E-state index in [0.717, 1.165) is 36.6 Å². The molecule has 7 nitrogen and oxygen atoms in total. The van der Waals surface area contributed by atoms with Gasteiger partial charge in [-0.2, -0.15) is 4.37 Å². The lowest BCUT2D eigenvalue weighted by Crippen LogP contribution is -2.19. The van der Waals surface area contributed by atoms with Crippen LogP contribution in [0.15, 0.2) is 17.1 Å². The quantitative estimate of drug-likeness (QED) is 0.715. The van der Waals surface area contributed by atoms with Crippen LogP contribution in [-0.4, -0.2) is 30.0 Å². The van der Waals surface area contributed by atoms with Gasteiger partial charge in [0.25, 0.3) is 0 Å². The molecule has 24 heavy (non-hydrogen) atoms. The molecule has 3 aromatic rings. The Kier molecular flexibility index (Phi) is 3.36. The Bertz CT molecular complexity index is 1060. The van der Waals surface area contributed by atoms with Crippen LogP contribution in [0.2, 0.25) is 5.15 Å². The molecule has 3 aromatic heterocycles. The number of carbonyl (C=O) groups is 1. The van der Waals surface area contributed by atoms with Crippen LogP contribution in [0.3, 0.4) is 0 Å². The zero-order chi connectivity index (χ0) is 17.0. The van der Waals surface area contributed by atoms with E-state index in [4.69, 9.17) is 11.6 Å². The molecule has 0 unspecified atom stereocenters. The van der Waals surface area contributed by atoms with E-state index in [1.165, 1.54) is 4.57 Å². The molecular weight excluding hydrogens is 359 g/mol. The second kappa shape index (κ2) is 5.32. The molecule has 122 valence electrons. The van der Waals surface area contributed by atoms with Gasteiger partial charge in [0.15, 0.2) is 16.6 Å². The first-order valence-electron chi connectivity index (χ1n) is 6.94. The van der Waals surface area contributed by atoms with Gasteiger partial charge in [0.1, 0.15) is 11.4 Å². The predicted molar refractivity (Wildman–Crippen MR) is 84.7 cm³/mol. The van der Waals surface area contributed by atoms with Crippen molar-refractivity contribution in [1.29, 1.82) is 0 Å². The lowest BCUT2D eigenvalue weighted by Gasteiger charge is -2.08. The molecule has 10 heteroatoms. The van der Waals surface area contributed by atoms with Crippen molar-refractivity contribution in [1.82, 2.24) is 18.9 Å². The minimum Gasteiger partial charge on any atom is -0.477 e. The molecule has 3 heterocycles. The Morgan fingerprint density at radius 1 is 1.42 bits per heavy atom. The molecule has 1 aliphatic rings. The minimum absolute atomic E-state index is 0.0369. The highest BCUT2D eigenvalue weighted by molar-refractivity contribution is 7.08. The highest BCUT2D eigenvalue weighted by Gasteiger charge is 2.28. The Labute approximate surface area is 142 Å². The van der Waals surface area contributed by atoms with E-state index in [1.54, 1.807) is 0 Å². The number of hydrogen-bond acceptors (Lipinski definition) is 6. The van der Waals surface area contributed by atoms with Crippen LogP contribution in [0.25, 0.3) is 16.2 Å². The molecule has 0 aliphatic heterocycles. The Hall–Kier alpha value is -2.39. The molecule has 0 atom stereocenters. The van der Waals surface area contributed by atoms with E-state index < -0.39 is 27.9 Å². The van der Waals surface area contributed by atoms with Crippen molar-refractivity contribution in [3.63, 3.8) is 0 Å². The first-order valence-corrected chi connectivity index (χ1v) is 8.09. The summed E-state index contributed by atoms with van der Waals surface area (Å²) in [6, 6.07) is 0.888. The van der Waals surface area contributed by atoms with Crippen LogP contribution in [0.4, 0.5) is 4.39 Å². The van der Waals surface area contributed by atoms with Crippen LogP contribution in [0.1, 0.15) is 34.9 Å². The van der Waals surface area contributed by atoms with E-state index in [1.807, 2.05) is 0 Å². The fourth-order valence-electron chi connectivity index (χ4n) is 2.33. The molecule has 1 N–H and O–H groups in total. The van der Waals surface area contributed by atoms with Crippen LogP contribution in [-0.2, 0) is 0 Å². The van der Waals surface area contributed by atoms with Gasteiger partial charge in [-0.25, -0.2) is 19.2 Å². The van der Waals surface area contributed by atoms with E-state index in [-0.39, 0.29) is 11.0 Å². The van der Waals surface area contributed by atoms with E-state index in [0.29, 0.717) is 16.9 Å². The maximum Gasteiger partial charge on any atom is 0.341 e. The molecule has 1 aliphatic carbocycles. The van der Waals surface area contributed by atoms with Crippen LogP contribution in [0.5, 0.6) is 0 Å². The fraction of sp³-hybridized carbons (Fsp3) is 0.214. The molecule has 0 bridgehead atoms. The topological polar surface area (TPSA) is 98.0 Å². The molecular formula is C14H8ClFN4O3S. The highest BCUT2D eigenvalue weighted by Crippen LogP contribution is 2.39. The fourth-order valence-corrected chi connectivity index (χ4v) is 3.19. The van der Waals surface area contributed by atoms with Gasteiger partial charge in [0.05, 0.1) is 5.39 Å². The lowest BCUT2D eigenvalue weighted by molar-refractivity contribution is 0.0695. The molecule has 0 spiro atoms. The van der Waals surface area contributed by atoms with Crippen molar-refractivity contribution in [3.8, 4) is 5.13 Å². The number of aromatic carboxylic acids is 1. The van der Waals surface area contributed by atoms with Gasteiger partial charge in [-0.3, -0.25) is 9.36 Å². The predicted octanol–water partition coefficient (Wildman–Crippen LogP) is 2.61. The number of aromatic nitrogens is 4. The third kappa shape index (κ3) is 2.36. The summed E-state index contributed by atoms with van der Waals surface area (Å²) >= 11 is 6.77.